The maximum atomic E-state index is 12.3. The van der Waals surface area contributed by atoms with Crippen molar-refractivity contribution in [3.05, 3.63) is 53.9 Å². The van der Waals surface area contributed by atoms with Gasteiger partial charge in [0, 0.05) is 19.6 Å². The van der Waals surface area contributed by atoms with Gasteiger partial charge in [0.2, 0.25) is 0 Å². The molecule has 0 atom stereocenters. The Labute approximate surface area is 155 Å². The predicted molar refractivity (Wildman–Crippen MR) is 104 cm³/mol. The van der Waals surface area contributed by atoms with Crippen LogP contribution in [0.15, 0.2) is 42.6 Å². The highest BCUT2D eigenvalue weighted by Gasteiger charge is 2.12. The summed E-state index contributed by atoms with van der Waals surface area (Å²) in [6, 6.07) is 11.7. The second kappa shape index (κ2) is 9.22. The number of carbonyl (C=O) groups is 1. The van der Waals surface area contributed by atoms with E-state index < -0.39 is 0 Å². The fraction of sp³-hybridized carbons (Fsp3) is 0.429. The minimum atomic E-state index is -0.137. The number of ether oxygens (including phenoxy) is 1. The Morgan fingerprint density at radius 1 is 1.12 bits per heavy atom. The van der Waals surface area contributed by atoms with Crippen molar-refractivity contribution in [3.63, 3.8) is 0 Å². The molecule has 0 saturated carbocycles. The minimum absolute atomic E-state index is 0.137. The van der Waals surface area contributed by atoms with E-state index >= 15 is 0 Å². The Balaban J connectivity index is 1.53. The third-order valence-electron chi connectivity index (χ3n) is 4.82. The van der Waals surface area contributed by atoms with Gasteiger partial charge in [0.25, 0.3) is 5.91 Å². The van der Waals surface area contributed by atoms with E-state index in [1.54, 1.807) is 7.11 Å². The van der Waals surface area contributed by atoms with Crippen molar-refractivity contribution in [3.8, 4) is 5.75 Å². The maximum absolute atomic E-state index is 12.3. The summed E-state index contributed by atoms with van der Waals surface area (Å²) in [6.45, 7) is 2.70. The molecule has 26 heavy (non-hydrogen) atoms. The van der Waals surface area contributed by atoms with Crippen LogP contribution in [-0.2, 0) is 6.42 Å². The fourth-order valence-electron chi connectivity index (χ4n) is 3.35. The normalized spacial score (nSPS) is 14.6. The van der Waals surface area contributed by atoms with Crippen LogP contribution in [0.3, 0.4) is 0 Å². The zero-order valence-electron chi connectivity index (χ0n) is 15.4. The van der Waals surface area contributed by atoms with Gasteiger partial charge in [0.1, 0.15) is 11.4 Å². The molecule has 5 heteroatoms. The first-order valence-electron chi connectivity index (χ1n) is 9.39. The van der Waals surface area contributed by atoms with Gasteiger partial charge in [-0.2, -0.15) is 0 Å². The number of amides is 1. The first-order chi connectivity index (χ1) is 12.8. The molecule has 1 N–H and O–H groups in total. The van der Waals surface area contributed by atoms with E-state index in [0.717, 1.165) is 36.5 Å². The van der Waals surface area contributed by atoms with Crippen molar-refractivity contribution < 1.29 is 9.53 Å². The molecule has 1 aliphatic heterocycles. The lowest BCUT2D eigenvalue weighted by Gasteiger charge is -2.22. The molecule has 1 aliphatic rings. The molecule has 1 fully saturated rings. The summed E-state index contributed by atoms with van der Waals surface area (Å²) >= 11 is 0. The number of carbonyl (C=O) groups excluding carboxylic acids is 1. The number of aromatic nitrogens is 1. The molecule has 3 rings (SSSR count). The third-order valence-corrected chi connectivity index (χ3v) is 4.82. The summed E-state index contributed by atoms with van der Waals surface area (Å²) in [4.78, 5) is 19.0. The van der Waals surface area contributed by atoms with Crippen molar-refractivity contribution in [1.29, 1.82) is 0 Å². The second-order valence-corrected chi connectivity index (χ2v) is 6.62. The molecule has 0 radical (unpaired) electrons. The maximum Gasteiger partial charge on any atom is 0.269 e. The van der Waals surface area contributed by atoms with Gasteiger partial charge >= 0.3 is 0 Å². The van der Waals surface area contributed by atoms with E-state index in [4.69, 9.17) is 4.74 Å². The van der Waals surface area contributed by atoms with Crippen LogP contribution in [0.2, 0.25) is 0 Å². The van der Waals surface area contributed by atoms with E-state index in [1.807, 2.05) is 42.6 Å². The number of para-hydroxylation sites is 1. The molecule has 1 amide bonds. The van der Waals surface area contributed by atoms with E-state index in [9.17, 15) is 4.79 Å². The fourth-order valence-corrected chi connectivity index (χ4v) is 3.35. The first kappa shape index (κ1) is 18.2. The molecular formula is C21H27N3O2. The number of hydrogen-bond acceptors (Lipinski definition) is 4. The Morgan fingerprint density at radius 2 is 1.88 bits per heavy atom. The highest BCUT2D eigenvalue weighted by Crippen LogP contribution is 2.19. The van der Waals surface area contributed by atoms with Crippen molar-refractivity contribution >= 4 is 11.6 Å². The Morgan fingerprint density at radius 3 is 2.58 bits per heavy atom. The van der Waals surface area contributed by atoms with Crippen LogP contribution >= 0.6 is 0 Å². The van der Waals surface area contributed by atoms with E-state index in [1.165, 1.54) is 25.7 Å². The molecule has 1 saturated heterocycles. The van der Waals surface area contributed by atoms with Gasteiger partial charge in [0.05, 0.1) is 19.0 Å². The third kappa shape index (κ3) is 4.75. The average molecular weight is 353 g/mol. The highest BCUT2D eigenvalue weighted by atomic mass is 16.5. The van der Waals surface area contributed by atoms with Crippen LogP contribution in [0, 0.1) is 0 Å². The Kier molecular flexibility index (Phi) is 6.47. The molecule has 0 spiro atoms. The van der Waals surface area contributed by atoms with Gasteiger partial charge in [-0.25, -0.2) is 4.98 Å². The molecule has 5 nitrogen and oxygen atoms in total. The summed E-state index contributed by atoms with van der Waals surface area (Å²) in [7, 11) is 1.66. The molecule has 2 aromatic rings. The smallest absolute Gasteiger partial charge is 0.269 e. The van der Waals surface area contributed by atoms with Crippen molar-refractivity contribution in [1.82, 2.24) is 10.3 Å². The molecular weight excluding hydrogens is 326 g/mol. The van der Waals surface area contributed by atoms with Crippen molar-refractivity contribution in [2.45, 2.75) is 32.1 Å². The van der Waals surface area contributed by atoms with Gasteiger partial charge < -0.3 is 15.0 Å². The summed E-state index contributed by atoms with van der Waals surface area (Å²) in [5.41, 5.74) is 2.65. The highest BCUT2D eigenvalue weighted by molar-refractivity contribution is 5.92. The summed E-state index contributed by atoms with van der Waals surface area (Å²) in [6.07, 6.45) is 7.60. The van der Waals surface area contributed by atoms with E-state index in [2.05, 4.69) is 15.2 Å². The summed E-state index contributed by atoms with van der Waals surface area (Å²) in [5, 5.41) is 2.94. The predicted octanol–water partition coefficient (Wildman–Crippen LogP) is 3.44. The topological polar surface area (TPSA) is 54.5 Å². The van der Waals surface area contributed by atoms with Crippen LogP contribution in [0.1, 0.15) is 41.7 Å². The van der Waals surface area contributed by atoms with Crippen molar-refractivity contribution in [2.75, 3.05) is 31.6 Å². The quantitative estimate of drug-likeness (QED) is 0.864. The second-order valence-electron chi connectivity index (χ2n) is 6.62. The SMILES string of the molecule is COc1ccccc1CCNC(=O)c1ccc(N2CCCCCC2)cn1. The molecule has 138 valence electrons. The van der Waals surface area contributed by atoms with Crippen LogP contribution in [0.25, 0.3) is 0 Å². The van der Waals surface area contributed by atoms with Crippen LogP contribution in [0.4, 0.5) is 5.69 Å². The lowest BCUT2D eigenvalue weighted by molar-refractivity contribution is 0.0949. The average Bonchev–Trinajstić information content (AvgIpc) is 2.98. The van der Waals surface area contributed by atoms with E-state index in [0.29, 0.717) is 12.2 Å². The number of benzene rings is 1. The van der Waals surface area contributed by atoms with Crippen LogP contribution < -0.4 is 15.0 Å². The number of nitrogens with one attached hydrogen (secondary N) is 1. The van der Waals surface area contributed by atoms with Crippen molar-refractivity contribution in [2.24, 2.45) is 0 Å². The van der Waals surface area contributed by atoms with E-state index in [-0.39, 0.29) is 5.91 Å². The lowest BCUT2D eigenvalue weighted by atomic mass is 10.1. The number of methoxy groups -OCH3 is 1. The van der Waals surface area contributed by atoms with Crippen LogP contribution in [-0.4, -0.2) is 37.6 Å². The van der Waals surface area contributed by atoms with Gasteiger partial charge in [0.15, 0.2) is 0 Å². The number of hydrogen-bond donors (Lipinski definition) is 1. The molecule has 0 aliphatic carbocycles. The standard InChI is InChI=1S/C21H27N3O2/c1-26-20-9-5-4-8-17(20)12-13-22-21(25)19-11-10-18(16-23-19)24-14-6-2-3-7-15-24/h4-5,8-11,16H,2-3,6-7,12-15H2,1H3,(H,22,25). The molecule has 1 aromatic carbocycles. The Hall–Kier alpha value is -2.56. The molecule has 0 bridgehead atoms. The number of pyridine rings is 1. The molecule has 2 heterocycles. The zero-order chi connectivity index (χ0) is 18.2. The number of rotatable bonds is 6. The van der Waals surface area contributed by atoms with Gasteiger partial charge in [-0.3, -0.25) is 4.79 Å². The largest absolute Gasteiger partial charge is 0.496 e. The molecule has 1 aromatic heterocycles. The van der Waals surface area contributed by atoms with Crippen LogP contribution in [0.5, 0.6) is 5.75 Å². The monoisotopic (exact) mass is 353 g/mol. The summed E-state index contributed by atoms with van der Waals surface area (Å²) in [5.74, 6) is 0.712. The van der Waals surface area contributed by atoms with Gasteiger partial charge in [-0.1, -0.05) is 31.0 Å². The number of nitrogens with zero attached hydrogens (tertiary/aromatic N) is 2. The minimum Gasteiger partial charge on any atom is -0.496 e. The number of anilines is 1. The summed E-state index contributed by atoms with van der Waals surface area (Å²) < 4.78 is 5.34. The van der Waals surface area contributed by atoms with Gasteiger partial charge in [-0.05, 0) is 43.0 Å². The lowest BCUT2D eigenvalue weighted by Crippen LogP contribution is -2.27. The molecule has 0 unspecified atom stereocenters. The van der Waals surface area contributed by atoms with Gasteiger partial charge in [-0.15, -0.1) is 0 Å². The first-order valence-corrected chi connectivity index (χ1v) is 9.39. The zero-order valence-corrected chi connectivity index (χ0v) is 15.4. The Bertz CT molecular complexity index is 707.